The second kappa shape index (κ2) is 5.50. The van der Waals surface area contributed by atoms with Crippen molar-refractivity contribution >= 4 is 19.2 Å². The molecule has 80 valence electrons. The van der Waals surface area contributed by atoms with E-state index >= 15 is 0 Å². The summed E-state index contributed by atoms with van der Waals surface area (Å²) in [6.45, 7) is 0. The van der Waals surface area contributed by atoms with E-state index in [2.05, 4.69) is 51.7 Å². The molecule has 13 heavy (non-hydrogen) atoms. The van der Waals surface area contributed by atoms with Gasteiger partial charge in [-0.2, -0.15) is 0 Å². The molecule has 0 fully saturated rings. The molecular formula is C8H23N3OSn. The molecule has 0 aromatic carbocycles. The van der Waals surface area contributed by atoms with Crippen LogP contribution in [0.3, 0.4) is 0 Å². The molecule has 5 heteroatoms. The van der Waals surface area contributed by atoms with Crippen molar-refractivity contribution < 1.29 is 4.74 Å². The van der Waals surface area contributed by atoms with Crippen LogP contribution in [0.15, 0.2) is 0 Å². The van der Waals surface area contributed by atoms with E-state index in [4.69, 9.17) is 4.74 Å². The molecule has 0 heterocycles. The molecule has 0 amide bonds. The van der Waals surface area contributed by atoms with Gasteiger partial charge in [-0.3, -0.25) is 0 Å². The summed E-state index contributed by atoms with van der Waals surface area (Å²) in [5, 5.41) is 0. The summed E-state index contributed by atoms with van der Waals surface area (Å²) in [5.74, 6) is 0. The molecule has 0 atom stereocenters. The maximum atomic E-state index is 5.36. The van der Waals surface area contributed by atoms with Gasteiger partial charge in [0.05, 0.1) is 0 Å². The molecule has 0 rings (SSSR count). The molecule has 0 aliphatic rings. The van der Waals surface area contributed by atoms with Gasteiger partial charge < -0.3 is 0 Å². The first kappa shape index (κ1) is 13.6. The van der Waals surface area contributed by atoms with E-state index in [1.54, 1.807) is 7.11 Å². The Morgan fingerprint density at radius 3 is 1.23 bits per heavy atom. The van der Waals surface area contributed by atoms with E-state index in [-0.39, 0.29) is 0 Å². The SMILES string of the molecule is CO[CH2][Sn]([N](C)C)([N](C)C)[N](C)C. The van der Waals surface area contributed by atoms with E-state index in [1.165, 1.54) is 0 Å². The number of ether oxygens (including phenoxy) is 1. The molecule has 0 aliphatic heterocycles. The Hall–Kier alpha value is 0.639. The zero-order valence-electron chi connectivity index (χ0n) is 9.96. The molecule has 0 saturated carbocycles. The number of nitrogens with zero attached hydrogens (tertiary/aromatic N) is 3. The first-order chi connectivity index (χ1) is 5.89. The van der Waals surface area contributed by atoms with Gasteiger partial charge in [0.25, 0.3) is 0 Å². The van der Waals surface area contributed by atoms with Gasteiger partial charge in [-0.05, 0) is 0 Å². The maximum absolute atomic E-state index is 5.36. The third-order valence-electron chi connectivity index (χ3n) is 2.49. The van der Waals surface area contributed by atoms with Gasteiger partial charge in [-0.25, -0.2) is 0 Å². The average molecular weight is 296 g/mol. The van der Waals surface area contributed by atoms with Crippen molar-refractivity contribution in [2.75, 3.05) is 54.0 Å². The molecule has 0 N–H and O–H groups in total. The van der Waals surface area contributed by atoms with Gasteiger partial charge in [0.1, 0.15) is 0 Å². The second-order valence-corrected chi connectivity index (χ2v) is 16.8. The molecule has 0 radical (unpaired) electrons. The molecular weight excluding hydrogens is 273 g/mol. The fourth-order valence-corrected chi connectivity index (χ4v) is 11.9. The molecule has 0 aromatic heterocycles. The summed E-state index contributed by atoms with van der Waals surface area (Å²) in [6.07, 6.45) is 0. The Morgan fingerprint density at radius 2 is 1.15 bits per heavy atom. The first-order valence-corrected chi connectivity index (χ1v) is 10.3. The third kappa shape index (κ3) is 2.79. The van der Waals surface area contributed by atoms with Crippen LogP contribution >= 0.6 is 0 Å². The zero-order valence-corrected chi connectivity index (χ0v) is 12.8. The number of rotatable bonds is 5. The third-order valence-corrected chi connectivity index (χ3v) is 16.7. The van der Waals surface area contributed by atoms with Gasteiger partial charge in [0, 0.05) is 0 Å². The van der Waals surface area contributed by atoms with E-state index in [0.717, 1.165) is 4.62 Å². The van der Waals surface area contributed by atoms with E-state index in [0.29, 0.717) is 0 Å². The number of hydrogen-bond donors (Lipinski definition) is 0. The molecule has 0 unspecified atom stereocenters. The fraction of sp³-hybridized carbons (Fsp3) is 1.00. The van der Waals surface area contributed by atoms with Crippen molar-refractivity contribution in [1.29, 1.82) is 0 Å². The van der Waals surface area contributed by atoms with Crippen molar-refractivity contribution in [3.05, 3.63) is 0 Å². The summed E-state index contributed by atoms with van der Waals surface area (Å²) < 4.78 is 13.3. The van der Waals surface area contributed by atoms with Crippen molar-refractivity contribution in [2.24, 2.45) is 0 Å². The predicted molar refractivity (Wildman–Crippen MR) is 58.7 cm³/mol. The Balaban J connectivity index is 4.82. The monoisotopic (exact) mass is 297 g/mol. The van der Waals surface area contributed by atoms with Crippen molar-refractivity contribution in [3.8, 4) is 0 Å². The Bertz CT molecular complexity index is 129. The number of methoxy groups -OCH3 is 1. The second-order valence-electron chi connectivity index (χ2n) is 3.89. The van der Waals surface area contributed by atoms with Gasteiger partial charge in [0.15, 0.2) is 0 Å². The van der Waals surface area contributed by atoms with Crippen LogP contribution in [-0.2, 0) is 4.74 Å². The van der Waals surface area contributed by atoms with Crippen LogP contribution < -0.4 is 0 Å². The molecule has 4 nitrogen and oxygen atoms in total. The molecule has 0 aromatic rings. The quantitative estimate of drug-likeness (QED) is 0.654. The average Bonchev–Trinajstić information content (AvgIpc) is 1.97. The van der Waals surface area contributed by atoms with Gasteiger partial charge >= 0.3 is 87.3 Å². The summed E-state index contributed by atoms with van der Waals surface area (Å²) in [5.41, 5.74) is 0. The predicted octanol–water partition coefficient (Wildman–Crippen LogP) is -0.204. The topological polar surface area (TPSA) is 19.0 Å². The zero-order chi connectivity index (χ0) is 10.6. The Morgan fingerprint density at radius 1 is 0.846 bits per heavy atom. The van der Waals surface area contributed by atoms with Crippen LogP contribution in [0.2, 0.25) is 0 Å². The summed E-state index contributed by atoms with van der Waals surface area (Å²) in [6, 6.07) is 0. The summed E-state index contributed by atoms with van der Waals surface area (Å²) in [7, 11) is 14.7. The normalized spacial score (nSPS) is 13.4. The fourth-order valence-electron chi connectivity index (χ4n) is 1.78. The molecule has 0 saturated heterocycles. The van der Waals surface area contributed by atoms with Crippen LogP contribution in [0.5, 0.6) is 0 Å². The molecule has 0 bridgehead atoms. The number of hydrogen-bond acceptors (Lipinski definition) is 4. The van der Waals surface area contributed by atoms with Crippen molar-refractivity contribution in [1.82, 2.24) is 9.36 Å². The Kier molecular flexibility index (Phi) is 5.77. The molecule has 0 spiro atoms. The van der Waals surface area contributed by atoms with Crippen LogP contribution in [0.1, 0.15) is 0 Å². The van der Waals surface area contributed by atoms with Crippen molar-refractivity contribution in [2.45, 2.75) is 0 Å². The van der Waals surface area contributed by atoms with Crippen LogP contribution in [0.4, 0.5) is 0 Å². The minimum atomic E-state index is -2.56. The van der Waals surface area contributed by atoms with E-state index < -0.39 is 19.2 Å². The van der Waals surface area contributed by atoms with E-state index in [9.17, 15) is 0 Å². The first-order valence-electron chi connectivity index (χ1n) is 4.40. The summed E-state index contributed by atoms with van der Waals surface area (Å²) in [4.78, 5) is 0. The van der Waals surface area contributed by atoms with Crippen LogP contribution in [-0.4, -0.2) is 82.6 Å². The van der Waals surface area contributed by atoms with E-state index in [1.807, 2.05) is 0 Å². The minimum absolute atomic E-state index is 0.863. The van der Waals surface area contributed by atoms with Gasteiger partial charge in [0.2, 0.25) is 0 Å². The van der Waals surface area contributed by atoms with Crippen molar-refractivity contribution in [3.63, 3.8) is 0 Å². The van der Waals surface area contributed by atoms with Gasteiger partial charge in [-0.15, -0.1) is 0 Å². The van der Waals surface area contributed by atoms with Crippen LogP contribution in [0, 0.1) is 0 Å². The Labute approximate surface area is 87.4 Å². The van der Waals surface area contributed by atoms with Gasteiger partial charge in [-0.1, -0.05) is 0 Å². The molecule has 0 aliphatic carbocycles. The van der Waals surface area contributed by atoms with Crippen LogP contribution in [0.25, 0.3) is 0 Å². The summed E-state index contributed by atoms with van der Waals surface area (Å²) >= 11 is -2.56. The standard InChI is InChI=1S/3C2H6N.C2H5O.Sn/c4*1-3-2;/h3*1-2H3;1H2,2H3;/q3*-1;;+3.